The number of nitrogens with one attached hydrogen (secondary N) is 1. The molecule has 0 atom stereocenters. The zero-order chi connectivity index (χ0) is 14.2. The number of H-pyrrole nitrogens is 1. The van der Waals surface area contributed by atoms with Gasteiger partial charge in [0.1, 0.15) is 5.82 Å². The Kier molecular flexibility index (Phi) is 2.45. The smallest absolute Gasteiger partial charge is 0.138 e. The third kappa shape index (κ3) is 1.92. The van der Waals surface area contributed by atoms with Gasteiger partial charge in [-0.1, -0.05) is 6.07 Å². The van der Waals surface area contributed by atoms with Gasteiger partial charge in [0, 0.05) is 17.1 Å². The average Bonchev–Trinajstić information content (AvgIpc) is 2.97. The lowest BCUT2D eigenvalue weighted by atomic mass is 10.1. The minimum atomic E-state index is 0.625. The molecule has 4 aromatic rings. The molecule has 0 fully saturated rings. The first-order valence-electron chi connectivity index (χ1n) is 6.58. The number of aromatic nitrogens is 3. The SMILES string of the molecule is N#Cc1ccc2nc(-c3ccc4ncccc4c3)[nH]c2c1. The quantitative estimate of drug-likeness (QED) is 0.574. The molecule has 21 heavy (non-hydrogen) atoms. The van der Waals surface area contributed by atoms with E-state index in [0.29, 0.717) is 5.56 Å². The minimum absolute atomic E-state index is 0.625. The van der Waals surface area contributed by atoms with E-state index < -0.39 is 0 Å². The molecule has 0 spiro atoms. The molecule has 1 N–H and O–H groups in total. The van der Waals surface area contributed by atoms with Crippen LogP contribution in [0.2, 0.25) is 0 Å². The lowest BCUT2D eigenvalue weighted by Crippen LogP contribution is -1.82. The Balaban J connectivity index is 1.89. The lowest BCUT2D eigenvalue weighted by Gasteiger charge is -1.99. The molecule has 2 aromatic carbocycles. The summed E-state index contributed by atoms with van der Waals surface area (Å²) in [7, 11) is 0. The Bertz CT molecular complexity index is 1010. The number of pyridine rings is 1. The van der Waals surface area contributed by atoms with Gasteiger partial charge in [-0.25, -0.2) is 4.98 Å². The van der Waals surface area contributed by atoms with Crippen molar-refractivity contribution in [1.82, 2.24) is 15.0 Å². The first-order valence-corrected chi connectivity index (χ1v) is 6.58. The maximum Gasteiger partial charge on any atom is 0.138 e. The molecule has 4 nitrogen and oxygen atoms in total. The molecule has 2 aromatic heterocycles. The summed E-state index contributed by atoms with van der Waals surface area (Å²) in [6.45, 7) is 0. The second-order valence-electron chi connectivity index (χ2n) is 4.84. The second kappa shape index (κ2) is 4.43. The number of nitrogens with zero attached hydrogens (tertiary/aromatic N) is 3. The molecule has 0 unspecified atom stereocenters. The van der Waals surface area contributed by atoms with E-state index >= 15 is 0 Å². The first kappa shape index (κ1) is 11.6. The average molecular weight is 270 g/mol. The summed E-state index contributed by atoms with van der Waals surface area (Å²) in [5.41, 5.74) is 4.32. The third-order valence-corrected chi connectivity index (χ3v) is 3.49. The monoisotopic (exact) mass is 270 g/mol. The first-order chi connectivity index (χ1) is 10.3. The Labute approximate surface area is 120 Å². The normalized spacial score (nSPS) is 10.8. The predicted octanol–water partition coefficient (Wildman–Crippen LogP) is 3.65. The van der Waals surface area contributed by atoms with Crippen LogP contribution in [0.15, 0.2) is 54.7 Å². The Morgan fingerprint density at radius 2 is 1.90 bits per heavy atom. The predicted molar refractivity (Wildman–Crippen MR) is 81.5 cm³/mol. The van der Waals surface area contributed by atoms with Crippen LogP contribution >= 0.6 is 0 Å². The van der Waals surface area contributed by atoms with E-state index in [1.165, 1.54) is 0 Å². The zero-order valence-corrected chi connectivity index (χ0v) is 11.0. The van der Waals surface area contributed by atoms with Crippen molar-refractivity contribution in [3.8, 4) is 17.5 Å². The highest BCUT2D eigenvalue weighted by molar-refractivity contribution is 5.86. The summed E-state index contributed by atoms with van der Waals surface area (Å²) in [6.07, 6.45) is 1.78. The highest BCUT2D eigenvalue weighted by Crippen LogP contribution is 2.24. The van der Waals surface area contributed by atoms with Crippen LogP contribution in [0.25, 0.3) is 33.3 Å². The molecule has 0 amide bonds. The van der Waals surface area contributed by atoms with Crippen molar-refractivity contribution in [2.75, 3.05) is 0 Å². The van der Waals surface area contributed by atoms with Crippen molar-refractivity contribution >= 4 is 21.9 Å². The van der Waals surface area contributed by atoms with Crippen molar-refractivity contribution in [3.05, 3.63) is 60.3 Å². The van der Waals surface area contributed by atoms with E-state index in [4.69, 9.17) is 5.26 Å². The van der Waals surface area contributed by atoms with Crippen molar-refractivity contribution in [2.45, 2.75) is 0 Å². The highest BCUT2D eigenvalue weighted by Gasteiger charge is 2.07. The fraction of sp³-hybridized carbons (Fsp3) is 0. The maximum absolute atomic E-state index is 8.95. The van der Waals surface area contributed by atoms with Gasteiger partial charge in [0.15, 0.2) is 0 Å². The molecule has 2 heterocycles. The third-order valence-electron chi connectivity index (χ3n) is 3.49. The lowest BCUT2D eigenvalue weighted by molar-refractivity contribution is 1.33. The number of rotatable bonds is 1. The summed E-state index contributed by atoms with van der Waals surface area (Å²) >= 11 is 0. The molecular weight excluding hydrogens is 260 g/mol. The van der Waals surface area contributed by atoms with E-state index in [1.807, 2.05) is 36.4 Å². The molecule has 98 valence electrons. The summed E-state index contributed by atoms with van der Waals surface area (Å²) in [5.74, 6) is 0.797. The van der Waals surface area contributed by atoms with Gasteiger partial charge >= 0.3 is 0 Å². The molecule has 0 radical (unpaired) electrons. The minimum Gasteiger partial charge on any atom is -0.338 e. The zero-order valence-electron chi connectivity index (χ0n) is 11.0. The number of imidazole rings is 1. The molecule has 0 aliphatic rings. The molecular formula is C17H10N4. The largest absolute Gasteiger partial charge is 0.338 e. The van der Waals surface area contributed by atoms with Crippen LogP contribution in [0.1, 0.15) is 5.56 Å². The van der Waals surface area contributed by atoms with E-state index in [-0.39, 0.29) is 0 Å². The van der Waals surface area contributed by atoms with Gasteiger partial charge in [0.05, 0.1) is 28.2 Å². The van der Waals surface area contributed by atoms with Crippen LogP contribution < -0.4 is 0 Å². The molecule has 4 rings (SSSR count). The molecule has 0 saturated carbocycles. The van der Waals surface area contributed by atoms with Gasteiger partial charge in [-0.2, -0.15) is 5.26 Å². The Hall–Kier alpha value is -3.19. The van der Waals surface area contributed by atoms with Gasteiger partial charge < -0.3 is 4.98 Å². The summed E-state index contributed by atoms with van der Waals surface area (Å²) in [5, 5.41) is 10.0. The fourth-order valence-corrected chi connectivity index (χ4v) is 2.44. The van der Waals surface area contributed by atoms with Gasteiger partial charge in [-0.15, -0.1) is 0 Å². The van der Waals surface area contributed by atoms with Crippen molar-refractivity contribution in [3.63, 3.8) is 0 Å². The molecule has 0 bridgehead atoms. The number of fused-ring (bicyclic) bond motifs is 2. The van der Waals surface area contributed by atoms with Crippen molar-refractivity contribution in [1.29, 1.82) is 5.26 Å². The number of hydrogen-bond acceptors (Lipinski definition) is 3. The van der Waals surface area contributed by atoms with Crippen molar-refractivity contribution in [2.24, 2.45) is 0 Å². The number of aromatic amines is 1. The topological polar surface area (TPSA) is 65.4 Å². The standard InChI is InChI=1S/C17H10N4/c18-10-11-3-5-15-16(8-11)21-17(20-15)13-4-6-14-12(9-13)2-1-7-19-14/h1-9H,(H,20,21). The van der Waals surface area contributed by atoms with E-state index in [9.17, 15) is 0 Å². The van der Waals surface area contributed by atoms with Gasteiger partial charge in [-0.3, -0.25) is 4.98 Å². The molecule has 4 heteroatoms. The van der Waals surface area contributed by atoms with Crippen LogP contribution in [0.5, 0.6) is 0 Å². The van der Waals surface area contributed by atoms with E-state index in [1.54, 1.807) is 12.3 Å². The highest BCUT2D eigenvalue weighted by atomic mass is 14.9. The summed E-state index contributed by atoms with van der Waals surface area (Å²) in [4.78, 5) is 12.2. The molecule has 0 aliphatic carbocycles. The van der Waals surface area contributed by atoms with Crippen LogP contribution in [-0.2, 0) is 0 Å². The number of hydrogen-bond donors (Lipinski definition) is 1. The fourth-order valence-electron chi connectivity index (χ4n) is 2.44. The van der Waals surface area contributed by atoms with E-state index in [2.05, 4.69) is 27.1 Å². The Morgan fingerprint density at radius 3 is 2.81 bits per heavy atom. The van der Waals surface area contributed by atoms with Crippen LogP contribution in [-0.4, -0.2) is 15.0 Å². The molecule has 0 aliphatic heterocycles. The number of nitriles is 1. The van der Waals surface area contributed by atoms with Crippen LogP contribution in [0, 0.1) is 11.3 Å². The molecule has 0 saturated heterocycles. The van der Waals surface area contributed by atoms with Crippen LogP contribution in [0.4, 0.5) is 0 Å². The van der Waals surface area contributed by atoms with Crippen molar-refractivity contribution < 1.29 is 0 Å². The Morgan fingerprint density at radius 1 is 1.00 bits per heavy atom. The maximum atomic E-state index is 8.95. The van der Waals surface area contributed by atoms with Crippen LogP contribution in [0.3, 0.4) is 0 Å². The number of benzene rings is 2. The van der Waals surface area contributed by atoms with Gasteiger partial charge in [-0.05, 0) is 42.5 Å². The van der Waals surface area contributed by atoms with Gasteiger partial charge in [0.2, 0.25) is 0 Å². The van der Waals surface area contributed by atoms with E-state index in [0.717, 1.165) is 33.3 Å². The summed E-state index contributed by atoms with van der Waals surface area (Å²) in [6, 6.07) is 17.6. The van der Waals surface area contributed by atoms with Gasteiger partial charge in [0.25, 0.3) is 0 Å². The summed E-state index contributed by atoms with van der Waals surface area (Å²) < 4.78 is 0. The second-order valence-corrected chi connectivity index (χ2v) is 4.84.